The van der Waals surface area contributed by atoms with Gasteiger partial charge in [-0.05, 0) is 64.5 Å². The number of rotatable bonds is 9. The molecule has 10 nitrogen and oxygen atoms in total. The molecule has 0 saturated heterocycles. The normalized spacial score (nSPS) is 13.0. The third-order valence-corrected chi connectivity index (χ3v) is 8.86. The van der Waals surface area contributed by atoms with Crippen molar-refractivity contribution in [2.75, 3.05) is 6.26 Å². The fraction of sp³-hybridized carbons (Fsp3) is 0.167. The number of thiophene rings is 1. The number of amides is 1. The summed E-state index contributed by atoms with van der Waals surface area (Å²) in [5.74, 6) is -1.40. The Balaban J connectivity index is 1.29. The molecule has 3 aromatic heterocycles. The van der Waals surface area contributed by atoms with Gasteiger partial charge in [0.1, 0.15) is 23.7 Å². The molecular formula is C30H22F4N6O4S2. The zero-order valence-corrected chi connectivity index (χ0v) is 25.3. The number of benzene rings is 2. The Morgan fingerprint density at radius 3 is 2.43 bits per heavy atom. The number of aliphatic hydroxyl groups is 1. The summed E-state index contributed by atoms with van der Waals surface area (Å²) in [5, 5.41) is 24.2. The van der Waals surface area contributed by atoms with Crippen LogP contribution in [0.15, 0.2) is 84.1 Å². The largest absolute Gasteiger partial charge is 0.377 e. The molecule has 3 heterocycles. The number of carbonyl (C=O) groups excluding carboxylic acids is 1. The summed E-state index contributed by atoms with van der Waals surface area (Å²) in [6.07, 6.45) is 3.11. The molecule has 0 radical (unpaired) electrons. The summed E-state index contributed by atoms with van der Waals surface area (Å²) in [4.78, 5) is 17.4. The van der Waals surface area contributed by atoms with Crippen LogP contribution in [-0.2, 0) is 34.5 Å². The van der Waals surface area contributed by atoms with Crippen molar-refractivity contribution in [3.05, 3.63) is 123 Å². The Kier molecular flexibility index (Phi) is 9.01. The van der Waals surface area contributed by atoms with Crippen LogP contribution in [0.4, 0.5) is 17.6 Å². The second-order valence-corrected chi connectivity index (χ2v) is 13.1. The maximum atomic E-state index is 15.9. The molecule has 0 saturated carbocycles. The second-order valence-electron chi connectivity index (χ2n) is 10.0. The summed E-state index contributed by atoms with van der Waals surface area (Å²) in [6, 6.07) is 13.3. The van der Waals surface area contributed by atoms with Crippen LogP contribution in [0.2, 0.25) is 0 Å². The topological polar surface area (TPSA) is 140 Å². The van der Waals surface area contributed by atoms with Crippen molar-refractivity contribution >= 4 is 27.1 Å². The summed E-state index contributed by atoms with van der Waals surface area (Å²) in [5.41, 5.74) is -4.14. The van der Waals surface area contributed by atoms with Gasteiger partial charge < -0.3 is 10.4 Å². The van der Waals surface area contributed by atoms with Crippen LogP contribution < -0.4 is 5.32 Å². The smallest absolute Gasteiger partial charge is 0.323 e. The summed E-state index contributed by atoms with van der Waals surface area (Å²) in [7, 11) is -3.33. The minimum Gasteiger partial charge on any atom is -0.377 e. The number of hydrogen-bond donors (Lipinski definition) is 2. The molecule has 5 aromatic rings. The van der Waals surface area contributed by atoms with Gasteiger partial charge in [0.2, 0.25) is 0 Å². The van der Waals surface area contributed by atoms with E-state index in [9.17, 15) is 27.1 Å². The molecule has 0 aliphatic carbocycles. The molecule has 5 rings (SSSR count). The van der Waals surface area contributed by atoms with Gasteiger partial charge in [0.15, 0.2) is 15.4 Å². The van der Waals surface area contributed by atoms with Crippen LogP contribution in [0.5, 0.6) is 0 Å². The number of carbonyl (C=O) groups is 1. The number of tetrazole rings is 1. The molecule has 0 fully saturated rings. The first kappa shape index (κ1) is 32.4. The van der Waals surface area contributed by atoms with Crippen LogP contribution in [0, 0.1) is 23.5 Å². The van der Waals surface area contributed by atoms with Crippen molar-refractivity contribution in [1.29, 1.82) is 0 Å². The Hall–Kier alpha value is -4.98. The first-order chi connectivity index (χ1) is 21.8. The van der Waals surface area contributed by atoms with Crippen LogP contribution in [0.3, 0.4) is 0 Å². The number of hydrogen-bond acceptors (Lipinski definition) is 9. The summed E-state index contributed by atoms with van der Waals surface area (Å²) < 4.78 is 84.0. The van der Waals surface area contributed by atoms with Gasteiger partial charge in [0, 0.05) is 36.2 Å². The van der Waals surface area contributed by atoms with Crippen LogP contribution in [-0.4, -0.2) is 50.9 Å². The Bertz CT molecular complexity index is 2040. The molecule has 46 heavy (non-hydrogen) atoms. The lowest BCUT2D eigenvalue weighted by molar-refractivity contribution is -0.207. The molecule has 1 atom stereocenters. The van der Waals surface area contributed by atoms with E-state index in [2.05, 4.69) is 37.7 Å². The summed E-state index contributed by atoms with van der Waals surface area (Å²) >= 11 is 1.09. The third-order valence-electron chi connectivity index (χ3n) is 6.73. The van der Waals surface area contributed by atoms with Gasteiger partial charge in [-0.3, -0.25) is 9.78 Å². The average Bonchev–Trinajstić information content (AvgIpc) is 3.71. The monoisotopic (exact) mass is 670 g/mol. The molecule has 16 heteroatoms. The Morgan fingerprint density at radius 2 is 1.80 bits per heavy atom. The molecule has 2 aromatic carbocycles. The quantitative estimate of drug-likeness (QED) is 0.178. The number of halogens is 4. The predicted molar refractivity (Wildman–Crippen MR) is 157 cm³/mol. The van der Waals surface area contributed by atoms with E-state index >= 15 is 8.78 Å². The minimum atomic E-state index is -4.21. The average molecular weight is 671 g/mol. The van der Waals surface area contributed by atoms with E-state index in [1.165, 1.54) is 18.2 Å². The van der Waals surface area contributed by atoms with Crippen molar-refractivity contribution in [2.45, 2.75) is 29.5 Å². The van der Waals surface area contributed by atoms with Crippen molar-refractivity contribution in [3.8, 4) is 11.8 Å². The highest BCUT2D eigenvalue weighted by molar-refractivity contribution is 7.90. The number of alkyl halides is 2. The van der Waals surface area contributed by atoms with Gasteiger partial charge in [-0.15, -0.1) is 16.4 Å². The third kappa shape index (κ3) is 6.96. The fourth-order valence-electron chi connectivity index (χ4n) is 4.32. The van der Waals surface area contributed by atoms with Crippen LogP contribution in [0.1, 0.15) is 36.9 Å². The minimum absolute atomic E-state index is 0.170. The van der Waals surface area contributed by atoms with E-state index in [1.54, 1.807) is 24.3 Å². The number of aromatic nitrogens is 5. The number of sulfone groups is 1. The highest BCUT2D eigenvalue weighted by Crippen LogP contribution is 2.46. The van der Waals surface area contributed by atoms with Gasteiger partial charge in [-0.25, -0.2) is 21.9 Å². The van der Waals surface area contributed by atoms with Crippen molar-refractivity contribution < 1.29 is 35.9 Å². The molecule has 0 spiro atoms. The standard InChI is InChI=1S/C30H22F4N6O4S2/c1-46(43,44)23-9-3-20(4-10-23)16-36-28(41)26-12-8-22(45-26)7-2-19-5-13-27(35-15-19)30(33,34)29(42,17-40-18-37-38-39-40)24-11-6-21(31)14-25(24)32/h3-6,8-15,18,42H,16-17H2,1H3,(H,36,41). The first-order valence-corrected chi connectivity index (χ1v) is 15.9. The van der Waals surface area contributed by atoms with Gasteiger partial charge in [0.05, 0.1) is 21.2 Å². The lowest BCUT2D eigenvalue weighted by Crippen LogP contribution is -2.48. The summed E-state index contributed by atoms with van der Waals surface area (Å²) in [6.45, 7) is -0.814. The zero-order chi connectivity index (χ0) is 33.1. The lowest BCUT2D eigenvalue weighted by Gasteiger charge is -2.35. The zero-order valence-electron chi connectivity index (χ0n) is 23.7. The molecule has 0 aliphatic heterocycles. The molecule has 1 amide bonds. The van der Waals surface area contributed by atoms with Crippen molar-refractivity contribution in [2.24, 2.45) is 0 Å². The van der Waals surface area contributed by atoms with Crippen LogP contribution in [0.25, 0.3) is 0 Å². The maximum absolute atomic E-state index is 15.9. The number of nitrogens with zero attached hydrogens (tertiary/aromatic N) is 5. The fourth-order valence-corrected chi connectivity index (χ4v) is 5.72. The Morgan fingerprint density at radius 1 is 1.04 bits per heavy atom. The molecular weight excluding hydrogens is 648 g/mol. The Labute approximate surface area is 263 Å². The van der Waals surface area contributed by atoms with E-state index < -0.39 is 50.8 Å². The van der Waals surface area contributed by atoms with Gasteiger partial charge in [0.25, 0.3) is 5.91 Å². The molecule has 2 N–H and O–H groups in total. The lowest BCUT2D eigenvalue weighted by atomic mass is 9.84. The highest BCUT2D eigenvalue weighted by Gasteiger charge is 2.58. The van der Waals surface area contributed by atoms with E-state index in [0.29, 0.717) is 21.4 Å². The second kappa shape index (κ2) is 12.8. The molecule has 0 aliphatic rings. The van der Waals surface area contributed by atoms with E-state index in [4.69, 9.17) is 0 Å². The highest BCUT2D eigenvalue weighted by atomic mass is 32.2. The SMILES string of the molecule is CS(=O)(=O)c1ccc(CNC(=O)c2ccc(C#Cc3ccc(C(F)(F)C(O)(Cn4cnnn4)c4ccc(F)cc4F)nc3)s2)cc1. The van der Waals surface area contributed by atoms with Gasteiger partial charge >= 0.3 is 5.92 Å². The first-order valence-electron chi connectivity index (χ1n) is 13.2. The van der Waals surface area contributed by atoms with Crippen molar-refractivity contribution in [3.63, 3.8) is 0 Å². The molecule has 0 bridgehead atoms. The van der Waals surface area contributed by atoms with Gasteiger partial charge in [-0.2, -0.15) is 8.78 Å². The number of nitrogens with one attached hydrogen (secondary N) is 1. The number of pyridine rings is 1. The van der Waals surface area contributed by atoms with Crippen LogP contribution >= 0.6 is 11.3 Å². The van der Waals surface area contributed by atoms with E-state index in [1.807, 2.05) is 0 Å². The van der Waals surface area contributed by atoms with E-state index in [-0.39, 0.29) is 22.9 Å². The van der Waals surface area contributed by atoms with Gasteiger partial charge in [-0.1, -0.05) is 24.0 Å². The maximum Gasteiger partial charge on any atom is 0.323 e. The van der Waals surface area contributed by atoms with E-state index in [0.717, 1.165) is 53.0 Å². The molecule has 1 unspecified atom stereocenters. The van der Waals surface area contributed by atoms with Crippen molar-refractivity contribution in [1.82, 2.24) is 30.5 Å². The predicted octanol–water partition coefficient (Wildman–Crippen LogP) is 3.82. The molecule has 236 valence electrons.